The highest BCUT2D eigenvalue weighted by Gasteiger charge is 2.57. The SMILES string of the molecule is COc1ccc(N2N=C(C)C(F)(C(=O)Nc3cccc(C(C)(F)F)c3)C2=O)cc1. The molecule has 0 bridgehead atoms. The minimum atomic E-state index is -3.14. The van der Waals surface area contributed by atoms with Crippen molar-refractivity contribution in [2.24, 2.45) is 5.10 Å². The maximum atomic E-state index is 15.5. The van der Waals surface area contributed by atoms with E-state index in [1.807, 2.05) is 0 Å². The van der Waals surface area contributed by atoms with Gasteiger partial charge in [0.05, 0.1) is 18.5 Å². The van der Waals surface area contributed by atoms with Gasteiger partial charge in [-0.1, -0.05) is 12.1 Å². The van der Waals surface area contributed by atoms with Crippen LogP contribution < -0.4 is 15.1 Å². The maximum absolute atomic E-state index is 15.5. The van der Waals surface area contributed by atoms with Crippen LogP contribution in [0.2, 0.25) is 0 Å². The molecule has 0 saturated carbocycles. The second-order valence-electron chi connectivity index (χ2n) is 6.58. The molecule has 0 fully saturated rings. The number of hydrogen-bond donors (Lipinski definition) is 1. The molecule has 1 N–H and O–H groups in total. The highest BCUT2D eigenvalue weighted by atomic mass is 19.3. The Morgan fingerprint density at radius 2 is 1.86 bits per heavy atom. The van der Waals surface area contributed by atoms with Crippen LogP contribution in [0.1, 0.15) is 19.4 Å². The Kier molecular flexibility index (Phi) is 5.08. The van der Waals surface area contributed by atoms with Crippen molar-refractivity contribution in [2.75, 3.05) is 17.4 Å². The minimum Gasteiger partial charge on any atom is -0.497 e. The average molecular weight is 405 g/mol. The highest BCUT2D eigenvalue weighted by Crippen LogP contribution is 2.33. The third kappa shape index (κ3) is 3.67. The minimum absolute atomic E-state index is 0.0606. The molecule has 0 spiro atoms. The number of carbonyl (C=O) groups excluding carboxylic acids is 2. The van der Waals surface area contributed by atoms with E-state index in [-0.39, 0.29) is 22.6 Å². The number of halogens is 3. The molecule has 2 amide bonds. The molecule has 0 radical (unpaired) electrons. The number of anilines is 2. The predicted molar refractivity (Wildman–Crippen MR) is 102 cm³/mol. The summed E-state index contributed by atoms with van der Waals surface area (Å²) in [5.41, 5.74) is -3.60. The lowest BCUT2D eigenvalue weighted by Gasteiger charge is -2.20. The van der Waals surface area contributed by atoms with E-state index in [2.05, 4.69) is 10.4 Å². The number of carbonyl (C=O) groups is 2. The molecule has 29 heavy (non-hydrogen) atoms. The molecule has 9 heteroatoms. The van der Waals surface area contributed by atoms with Gasteiger partial charge in [-0.25, -0.2) is 13.2 Å². The monoisotopic (exact) mass is 405 g/mol. The first-order chi connectivity index (χ1) is 13.6. The van der Waals surface area contributed by atoms with E-state index in [0.29, 0.717) is 12.7 Å². The van der Waals surface area contributed by atoms with Crippen molar-refractivity contribution in [2.45, 2.75) is 25.4 Å². The van der Waals surface area contributed by atoms with Crippen LogP contribution in [0, 0.1) is 0 Å². The van der Waals surface area contributed by atoms with Crippen LogP contribution in [0.25, 0.3) is 0 Å². The molecule has 1 aliphatic heterocycles. The van der Waals surface area contributed by atoms with Crippen LogP contribution >= 0.6 is 0 Å². The van der Waals surface area contributed by atoms with Gasteiger partial charge in [-0.15, -0.1) is 0 Å². The van der Waals surface area contributed by atoms with Gasteiger partial charge < -0.3 is 10.1 Å². The summed E-state index contributed by atoms with van der Waals surface area (Å²) in [5.74, 6) is -5.12. The Morgan fingerprint density at radius 3 is 2.45 bits per heavy atom. The summed E-state index contributed by atoms with van der Waals surface area (Å²) in [6, 6.07) is 10.9. The quantitative estimate of drug-likeness (QED) is 0.768. The standard InChI is InChI=1S/C20H18F3N3O3/c1-12-20(23,17(27)24-14-6-4-5-13(11-14)19(2,21)22)18(28)26(25-12)15-7-9-16(29-3)10-8-15/h4-11H,1-3H3,(H,24,27). The molecule has 0 saturated heterocycles. The van der Waals surface area contributed by atoms with Gasteiger partial charge in [0, 0.05) is 18.2 Å². The van der Waals surface area contributed by atoms with Crippen molar-refractivity contribution in [3.05, 3.63) is 54.1 Å². The molecule has 1 atom stereocenters. The summed E-state index contributed by atoms with van der Waals surface area (Å²) in [6.07, 6.45) is 0. The van der Waals surface area contributed by atoms with E-state index >= 15 is 4.39 Å². The number of rotatable bonds is 5. The molecule has 2 aromatic carbocycles. The zero-order chi connectivity index (χ0) is 21.4. The van der Waals surface area contributed by atoms with Crippen molar-refractivity contribution in [1.29, 1.82) is 0 Å². The van der Waals surface area contributed by atoms with Crippen molar-refractivity contribution in [1.82, 2.24) is 0 Å². The molecule has 0 aliphatic carbocycles. The number of nitrogens with zero attached hydrogens (tertiary/aromatic N) is 2. The Bertz CT molecular complexity index is 986. The van der Waals surface area contributed by atoms with Crippen molar-refractivity contribution in [3.63, 3.8) is 0 Å². The van der Waals surface area contributed by atoms with Gasteiger partial charge >= 0.3 is 11.6 Å². The van der Waals surface area contributed by atoms with Gasteiger partial charge in [-0.3, -0.25) is 9.59 Å². The van der Waals surface area contributed by atoms with Crippen LogP contribution in [0.15, 0.2) is 53.6 Å². The summed E-state index contributed by atoms with van der Waals surface area (Å²) in [4.78, 5) is 25.2. The molecule has 1 unspecified atom stereocenters. The number of methoxy groups -OCH3 is 1. The molecular weight excluding hydrogens is 387 g/mol. The van der Waals surface area contributed by atoms with Gasteiger partial charge in [-0.2, -0.15) is 10.1 Å². The first kappa shape index (κ1) is 20.4. The van der Waals surface area contributed by atoms with E-state index < -0.39 is 23.4 Å². The largest absolute Gasteiger partial charge is 0.497 e. The second-order valence-corrected chi connectivity index (χ2v) is 6.58. The average Bonchev–Trinajstić information content (AvgIpc) is 2.92. The van der Waals surface area contributed by atoms with Crippen molar-refractivity contribution in [3.8, 4) is 5.75 Å². The number of nitrogens with one attached hydrogen (secondary N) is 1. The summed E-state index contributed by atoms with van der Waals surface area (Å²) >= 11 is 0. The first-order valence-corrected chi connectivity index (χ1v) is 8.60. The predicted octanol–water partition coefficient (Wildman–Crippen LogP) is 3.88. The zero-order valence-corrected chi connectivity index (χ0v) is 15.9. The van der Waals surface area contributed by atoms with E-state index in [9.17, 15) is 18.4 Å². The third-order valence-corrected chi connectivity index (χ3v) is 4.49. The van der Waals surface area contributed by atoms with Gasteiger partial charge in [0.2, 0.25) is 0 Å². The third-order valence-electron chi connectivity index (χ3n) is 4.49. The van der Waals surface area contributed by atoms with Gasteiger partial charge in [0.15, 0.2) is 0 Å². The fraction of sp³-hybridized carbons (Fsp3) is 0.250. The Morgan fingerprint density at radius 1 is 1.21 bits per heavy atom. The number of amides is 2. The summed E-state index contributed by atoms with van der Waals surface area (Å²) in [5, 5.41) is 6.85. The number of hydrogen-bond acceptors (Lipinski definition) is 4. The van der Waals surface area contributed by atoms with E-state index in [0.717, 1.165) is 11.1 Å². The first-order valence-electron chi connectivity index (χ1n) is 8.60. The summed E-state index contributed by atoms with van der Waals surface area (Å²) in [7, 11) is 1.47. The lowest BCUT2D eigenvalue weighted by atomic mass is 9.99. The van der Waals surface area contributed by atoms with Crippen LogP contribution in [0.5, 0.6) is 5.75 Å². The topological polar surface area (TPSA) is 71.0 Å². The van der Waals surface area contributed by atoms with Crippen LogP contribution in [0.4, 0.5) is 24.5 Å². The van der Waals surface area contributed by atoms with Crippen LogP contribution in [-0.4, -0.2) is 30.3 Å². The number of ether oxygens (including phenoxy) is 1. The Hall–Kier alpha value is -3.36. The van der Waals surface area contributed by atoms with Crippen LogP contribution in [0.3, 0.4) is 0 Å². The normalized spacial score (nSPS) is 19.2. The molecule has 2 aromatic rings. The van der Waals surface area contributed by atoms with Gasteiger partial charge in [0.25, 0.3) is 11.8 Å². The second kappa shape index (κ2) is 7.23. The smallest absolute Gasteiger partial charge is 0.307 e. The van der Waals surface area contributed by atoms with Gasteiger partial charge in [0.1, 0.15) is 5.75 Å². The van der Waals surface area contributed by atoms with E-state index in [4.69, 9.17) is 4.74 Å². The maximum Gasteiger partial charge on any atom is 0.307 e. The highest BCUT2D eigenvalue weighted by molar-refractivity contribution is 6.36. The molecule has 6 nitrogen and oxygen atoms in total. The number of alkyl halides is 3. The molecule has 0 aromatic heterocycles. The molecular formula is C20H18F3N3O3. The lowest BCUT2D eigenvalue weighted by Crippen LogP contribution is -2.51. The van der Waals surface area contributed by atoms with Crippen molar-refractivity contribution >= 4 is 28.9 Å². The fourth-order valence-electron chi connectivity index (χ4n) is 2.81. The Labute approximate surface area is 165 Å². The molecule has 152 valence electrons. The lowest BCUT2D eigenvalue weighted by molar-refractivity contribution is -0.135. The fourth-order valence-corrected chi connectivity index (χ4v) is 2.81. The molecule has 1 heterocycles. The summed E-state index contributed by atoms with van der Waals surface area (Å²) < 4.78 is 47.5. The molecule has 3 rings (SSSR count). The van der Waals surface area contributed by atoms with Crippen LogP contribution in [-0.2, 0) is 15.5 Å². The summed E-state index contributed by atoms with van der Waals surface area (Å²) in [6.45, 7) is 1.91. The number of hydrazone groups is 1. The van der Waals surface area contributed by atoms with E-state index in [1.54, 1.807) is 12.1 Å². The molecule has 1 aliphatic rings. The Balaban J connectivity index is 1.85. The van der Waals surface area contributed by atoms with E-state index in [1.165, 1.54) is 44.4 Å². The number of benzene rings is 2. The van der Waals surface area contributed by atoms with Crippen molar-refractivity contribution < 1.29 is 27.5 Å². The zero-order valence-electron chi connectivity index (χ0n) is 15.9. The van der Waals surface area contributed by atoms with Gasteiger partial charge in [-0.05, 0) is 43.3 Å².